The summed E-state index contributed by atoms with van der Waals surface area (Å²) in [5.74, 6) is 0.0157. The highest BCUT2D eigenvalue weighted by Crippen LogP contribution is 2.33. The SMILES string of the molecule is Cc1ccc(C)c2sc(N(CCCN3CCOCC3)C(=O)c3ccccc3)nc12. The molecule has 2 aromatic carbocycles. The van der Waals surface area contributed by atoms with Crippen LogP contribution in [0.4, 0.5) is 5.13 Å². The number of aryl methyl sites for hydroxylation is 2. The molecule has 1 aromatic heterocycles. The smallest absolute Gasteiger partial charge is 0.260 e. The van der Waals surface area contributed by atoms with Crippen LogP contribution in [0.5, 0.6) is 0 Å². The number of morpholine rings is 1. The van der Waals surface area contributed by atoms with Gasteiger partial charge in [0.1, 0.15) is 0 Å². The average molecular weight is 410 g/mol. The first kappa shape index (κ1) is 20.0. The minimum atomic E-state index is 0.0157. The van der Waals surface area contributed by atoms with E-state index < -0.39 is 0 Å². The van der Waals surface area contributed by atoms with E-state index in [9.17, 15) is 4.79 Å². The minimum absolute atomic E-state index is 0.0157. The normalized spacial score (nSPS) is 15.0. The maximum atomic E-state index is 13.3. The summed E-state index contributed by atoms with van der Waals surface area (Å²) >= 11 is 1.62. The van der Waals surface area contributed by atoms with Crippen molar-refractivity contribution in [1.82, 2.24) is 9.88 Å². The molecule has 5 nitrogen and oxygen atoms in total. The van der Waals surface area contributed by atoms with Crippen molar-refractivity contribution in [1.29, 1.82) is 0 Å². The first-order chi connectivity index (χ1) is 14.1. The molecular weight excluding hydrogens is 382 g/mol. The fraction of sp³-hybridized carbons (Fsp3) is 0.391. The topological polar surface area (TPSA) is 45.7 Å². The maximum absolute atomic E-state index is 13.3. The lowest BCUT2D eigenvalue weighted by Crippen LogP contribution is -2.39. The van der Waals surface area contributed by atoms with Crippen molar-refractivity contribution < 1.29 is 9.53 Å². The third kappa shape index (κ3) is 4.50. The van der Waals surface area contributed by atoms with Gasteiger partial charge in [0.2, 0.25) is 0 Å². The van der Waals surface area contributed by atoms with Crippen LogP contribution in [0, 0.1) is 13.8 Å². The number of nitrogens with zero attached hydrogens (tertiary/aromatic N) is 3. The lowest BCUT2D eigenvalue weighted by molar-refractivity contribution is 0.0376. The third-order valence-electron chi connectivity index (χ3n) is 5.39. The number of amides is 1. The molecule has 0 radical (unpaired) electrons. The predicted octanol–water partition coefficient (Wildman–Crippen LogP) is 4.28. The molecule has 152 valence electrons. The summed E-state index contributed by atoms with van der Waals surface area (Å²) in [5.41, 5.74) is 4.05. The largest absolute Gasteiger partial charge is 0.379 e. The van der Waals surface area contributed by atoms with Crippen LogP contribution < -0.4 is 4.90 Å². The second kappa shape index (κ2) is 9.03. The van der Waals surface area contributed by atoms with Crippen molar-refractivity contribution in [3.05, 3.63) is 59.2 Å². The van der Waals surface area contributed by atoms with E-state index in [1.807, 2.05) is 35.2 Å². The molecule has 6 heteroatoms. The Kier molecular flexibility index (Phi) is 6.23. The molecule has 0 saturated carbocycles. The number of carbonyl (C=O) groups excluding carboxylic acids is 1. The van der Waals surface area contributed by atoms with Crippen molar-refractivity contribution in [3.8, 4) is 0 Å². The van der Waals surface area contributed by atoms with Crippen LogP contribution in [-0.2, 0) is 4.74 Å². The van der Waals surface area contributed by atoms with Gasteiger partial charge in [-0.25, -0.2) is 4.98 Å². The third-order valence-corrected chi connectivity index (χ3v) is 6.60. The molecule has 1 aliphatic rings. The highest BCUT2D eigenvalue weighted by molar-refractivity contribution is 7.22. The van der Waals surface area contributed by atoms with E-state index in [2.05, 4.69) is 30.9 Å². The number of thiazole rings is 1. The van der Waals surface area contributed by atoms with Crippen LogP contribution in [0.3, 0.4) is 0 Å². The van der Waals surface area contributed by atoms with Crippen molar-refractivity contribution >= 4 is 32.6 Å². The Morgan fingerprint density at radius 1 is 1.10 bits per heavy atom. The van der Waals surface area contributed by atoms with Gasteiger partial charge >= 0.3 is 0 Å². The number of carbonyl (C=O) groups is 1. The molecule has 1 amide bonds. The highest BCUT2D eigenvalue weighted by atomic mass is 32.1. The molecule has 0 unspecified atom stereocenters. The fourth-order valence-corrected chi connectivity index (χ4v) is 4.80. The number of fused-ring (bicyclic) bond motifs is 1. The van der Waals surface area contributed by atoms with E-state index in [1.54, 1.807) is 11.3 Å². The lowest BCUT2D eigenvalue weighted by Gasteiger charge is -2.27. The quantitative estimate of drug-likeness (QED) is 0.610. The van der Waals surface area contributed by atoms with Gasteiger partial charge in [-0.2, -0.15) is 0 Å². The summed E-state index contributed by atoms with van der Waals surface area (Å²) < 4.78 is 6.60. The van der Waals surface area contributed by atoms with E-state index >= 15 is 0 Å². The van der Waals surface area contributed by atoms with Gasteiger partial charge in [0.05, 0.1) is 23.4 Å². The van der Waals surface area contributed by atoms with Crippen molar-refractivity contribution in [2.75, 3.05) is 44.3 Å². The molecule has 1 saturated heterocycles. The minimum Gasteiger partial charge on any atom is -0.379 e. The van der Waals surface area contributed by atoms with Gasteiger partial charge in [-0.05, 0) is 43.5 Å². The zero-order chi connectivity index (χ0) is 20.2. The Hall–Kier alpha value is -2.28. The van der Waals surface area contributed by atoms with Crippen LogP contribution in [0.15, 0.2) is 42.5 Å². The van der Waals surface area contributed by atoms with Crippen molar-refractivity contribution in [2.45, 2.75) is 20.3 Å². The number of hydrogen-bond donors (Lipinski definition) is 0. The maximum Gasteiger partial charge on any atom is 0.260 e. The highest BCUT2D eigenvalue weighted by Gasteiger charge is 2.22. The number of ether oxygens (including phenoxy) is 1. The molecule has 1 aliphatic heterocycles. The van der Waals surface area contributed by atoms with Gasteiger partial charge in [-0.3, -0.25) is 14.6 Å². The summed E-state index contributed by atoms with van der Waals surface area (Å²) in [4.78, 5) is 22.5. The summed E-state index contributed by atoms with van der Waals surface area (Å²) in [5, 5.41) is 0.785. The molecule has 3 aromatic rings. The molecule has 0 bridgehead atoms. The predicted molar refractivity (Wildman–Crippen MR) is 119 cm³/mol. The van der Waals surface area contributed by atoms with Crippen LogP contribution in [0.1, 0.15) is 27.9 Å². The summed E-state index contributed by atoms with van der Waals surface area (Å²) in [6, 6.07) is 13.7. The number of rotatable bonds is 6. The van der Waals surface area contributed by atoms with Crippen LogP contribution >= 0.6 is 11.3 Å². The lowest BCUT2D eigenvalue weighted by atomic mass is 10.1. The van der Waals surface area contributed by atoms with Gasteiger partial charge in [-0.15, -0.1) is 0 Å². The second-order valence-electron chi connectivity index (χ2n) is 7.50. The number of anilines is 1. The summed E-state index contributed by atoms with van der Waals surface area (Å²) in [6.45, 7) is 9.32. The molecule has 1 fully saturated rings. The molecule has 0 atom stereocenters. The van der Waals surface area contributed by atoms with E-state index in [-0.39, 0.29) is 5.91 Å². The van der Waals surface area contributed by atoms with Crippen molar-refractivity contribution in [3.63, 3.8) is 0 Å². The molecule has 0 N–H and O–H groups in total. The van der Waals surface area contributed by atoms with Crippen LogP contribution in [0.2, 0.25) is 0 Å². The second-order valence-corrected chi connectivity index (χ2v) is 8.48. The van der Waals surface area contributed by atoms with Gasteiger partial charge in [0, 0.05) is 31.7 Å². The Labute approximate surface area is 175 Å². The molecule has 29 heavy (non-hydrogen) atoms. The fourth-order valence-electron chi connectivity index (χ4n) is 3.66. The first-order valence-corrected chi connectivity index (χ1v) is 11.0. The summed E-state index contributed by atoms with van der Waals surface area (Å²) in [7, 11) is 0. The van der Waals surface area contributed by atoms with Crippen LogP contribution in [-0.4, -0.2) is 55.2 Å². The average Bonchev–Trinajstić information content (AvgIpc) is 3.21. The Morgan fingerprint density at radius 2 is 1.83 bits per heavy atom. The Bertz CT molecular complexity index is 941. The molecule has 0 spiro atoms. The van der Waals surface area contributed by atoms with Gasteiger partial charge in [-0.1, -0.05) is 41.7 Å². The van der Waals surface area contributed by atoms with E-state index in [0.717, 1.165) is 55.5 Å². The van der Waals surface area contributed by atoms with Gasteiger partial charge in [0.25, 0.3) is 5.91 Å². The van der Waals surface area contributed by atoms with Gasteiger partial charge in [0.15, 0.2) is 5.13 Å². The molecular formula is C23H27N3O2S. The van der Waals surface area contributed by atoms with E-state index in [0.29, 0.717) is 12.1 Å². The standard InChI is InChI=1S/C23H27N3O2S/c1-17-9-10-18(2)21-20(17)24-23(29-21)26(22(27)19-7-4-3-5-8-19)12-6-11-25-13-15-28-16-14-25/h3-5,7-10H,6,11-16H2,1-2H3. The number of benzene rings is 2. The first-order valence-electron chi connectivity index (χ1n) is 10.2. The molecule has 0 aliphatic carbocycles. The van der Waals surface area contributed by atoms with Crippen molar-refractivity contribution in [2.24, 2.45) is 0 Å². The monoisotopic (exact) mass is 409 g/mol. The van der Waals surface area contributed by atoms with Crippen LogP contribution in [0.25, 0.3) is 10.2 Å². The molecule has 2 heterocycles. The van der Waals surface area contributed by atoms with E-state index in [1.165, 1.54) is 10.3 Å². The Morgan fingerprint density at radius 3 is 2.55 bits per heavy atom. The Balaban J connectivity index is 1.60. The van der Waals surface area contributed by atoms with E-state index in [4.69, 9.17) is 9.72 Å². The zero-order valence-corrected chi connectivity index (χ0v) is 17.9. The number of hydrogen-bond acceptors (Lipinski definition) is 5. The number of aromatic nitrogens is 1. The molecule has 4 rings (SSSR count). The zero-order valence-electron chi connectivity index (χ0n) is 17.1. The van der Waals surface area contributed by atoms with Gasteiger partial charge < -0.3 is 4.74 Å². The summed E-state index contributed by atoms with van der Waals surface area (Å²) in [6.07, 6.45) is 0.909.